The van der Waals surface area contributed by atoms with E-state index in [1.54, 1.807) is 35.6 Å². The van der Waals surface area contributed by atoms with Crippen LogP contribution in [-0.2, 0) is 11.3 Å². The molecule has 1 N–H and O–H groups in total. The van der Waals surface area contributed by atoms with Crippen LogP contribution in [0.1, 0.15) is 69.4 Å². The molecule has 1 amide bonds. The van der Waals surface area contributed by atoms with Crippen molar-refractivity contribution in [3.63, 3.8) is 0 Å². The number of hydrogen-bond donors (Lipinski definition) is 1. The molecule has 0 unspecified atom stereocenters. The van der Waals surface area contributed by atoms with Crippen LogP contribution in [0, 0.1) is 0 Å². The minimum absolute atomic E-state index is 0.175. The molecule has 0 saturated heterocycles. The molecule has 0 spiro atoms. The highest BCUT2D eigenvalue weighted by Crippen LogP contribution is 2.32. The van der Waals surface area contributed by atoms with Crippen molar-refractivity contribution < 1.29 is 14.3 Å². The minimum atomic E-state index is -0.412. The number of ether oxygens (including phenoxy) is 1. The summed E-state index contributed by atoms with van der Waals surface area (Å²) in [6.45, 7) is 0.426. The van der Waals surface area contributed by atoms with E-state index in [1.165, 1.54) is 44.9 Å². The predicted octanol–water partition coefficient (Wildman–Crippen LogP) is 3.91. The predicted molar refractivity (Wildman–Crippen MR) is 96.9 cm³/mol. The average Bonchev–Trinajstić information content (AvgIpc) is 3.15. The van der Waals surface area contributed by atoms with Crippen LogP contribution in [0.5, 0.6) is 0 Å². The van der Waals surface area contributed by atoms with Gasteiger partial charge in [0.15, 0.2) is 0 Å². The molecule has 3 rings (SSSR count). The van der Waals surface area contributed by atoms with Crippen molar-refractivity contribution in [1.29, 1.82) is 0 Å². The van der Waals surface area contributed by atoms with Gasteiger partial charge in [0.25, 0.3) is 5.91 Å². The lowest BCUT2D eigenvalue weighted by Gasteiger charge is -2.19. The molecule has 1 aromatic heterocycles. The third kappa shape index (κ3) is 4.45. The fourth-order valence-corrected chi connectivity index (χ4v) is 3.94. The summed E-state index contributed by atoms with van der Waals surface area (Å²) < 4.78 is 4.65. The van der Waals surface area contributed by atoms with E-state index in [2.05, 4.69) is 15.4 Å². The smallest absolute Gasteiger partial charge is 0.337 e. The van der Waals surface area contributed by atoms with E-state index >= 15 is 0 Å². The van der Waals surface area contributed by atoms with E-state index in [1.807, 2.05) is 0 Å². The van der Waals surface area contributed by atoms with E-state index in [4.69, 9.17) is 4.98 Å². The lowest BCUT2D eigenvalue weighted by Crippen LogP contribution is -2.22. The molecule has 1 saturated carbocycles. The Bertz CT molecular complexity index is 733. The van der Waals surface area contributed by atoms with Crippen LogP contribution in [0.4, 0.5) is 0 Å². The molecule has 5 nitrogen and oxygen atoms in total. The summed E-state index contributed by atoms with van der Waals surface area (Å²) in [6.07, 6.45) is 6.36. The topological polar surface area (TPSA) is 68.3 Å². The van der Waals surface area contributed by atoms with Crippen LogP contribution < -0.4 is 5.32 Å². The Hall–Kier alpha value is -2.21. The SMILES string of the molecule is COC(=O)c1ccc(C(=O)NCc2nc(C3CCCCC3)cs2)cc1. The molecule has 0 atom stereocenters. The summed E-state index contributed by atoms with van der Waals surface area (Å²) in [5, 5.41) is 5.95. The van der Waals surface area contributed by atoms with Gasteiger partial charge in [-0.25, -0.2) is 9.78 Å². The molecule has 132 valence electrons. The van der Waals surface area contributed by atoms with E-state index in [9.17, 15) is 9.59 Å². The standard InChI is InChI=1S/C19H22N2O3S/c1-24-19(23)15-9-7-14(8-10-15)18(22)20-11-17-21-16(12-25-17)13-5-3-2-4-6-13/h7-10,12-13H,2-6,11H2,1H3,(H,20,22). The quantitative estimate of drug-likeness (QED) is 0.823. The van der Waals surface area contributed by atoms with Gasteiger partial charge in [-0.1, -0.05) is 19.3 Å². The van der Waals surface area contributed by atoms with Crippen molar-refractivity contribution in [1.82, 2.24) is 10.3 Å². The minimum Gasteiger partial charge on any atom is -0.465 e. The number of carbonyl (C=O) groups excluding carboxylic acids is 2. The zero-order chi connectivity index (χ0) is 17.6. The number of nitrogens with one attached hydrogen (secondary N) is 1. The summed E-state index contributed by atoms with van der Waals surface area (Å²) >= 11 is 1.60. The fraction of sp³-hybridized carbons (Fsp3) is 0.421. The van der Waals surface area contributed by atoms with Crippen LogP contribution in [0.2, 0.25) is 0 Å². The van der Waals surface area contributed by atoms with Gasteiger partial charge in [-0.3, -0.25) is 4.79 Å². The Morgan fingerprint density at radius 3 is 2.52 bits per heavy atom. The maximum absolute atomic E-state index is 12.2. The molecule has 1 heterocycles. The van der Waals surface area contributed by atoms with Gasteiger partial charge in [-0.15, -0.1) is 11.3 Å². The summed E-state index contributed by atoms with van der Waals surface area (Å²) in [6, 6.07) is 6.42. The van der Waals surface area contributed by atoms with Gasteiger partial charge in [0.05, 0.1) is 24.9 Å². The largest absolute Gasteiger partial charge is 0.465 e. The first-order chi connectivity index (χ1) is 12.2. The second-order valence-electron chi connectivity index (χ2n) is 6.25. The number of aromatic nitrogens is 1. The monoisotopic (exact) mass is 358 g/mol. The molecule has 1 fully saturated rings. The van der Waals surface area contributed by atoms with Crippen LogP contribution in [0.25, 0.3) is 0 Å². The lowest BCUT2D eigenvalue weighted by molar-refractivity contribution is 0.0600. The number of esters is 1. The molecule has 0 aliphatic heterocycles. The van der Waals surface area contributed by atoms with Gasteiger partial charge in [-0.05, 0) is 37.1 Å². The highest BCUT2D eigenvalue weighted by atomic mass is 32.1. The number of thiazole rings is 1. The third-order valence-corrected chi connectivity index (χ3v) is 5.43. The van der Waals surface area contributed by atoms with E-state index in [-0.39, 0.29) is 5.91 Å². The first kappa shape index (κ1) is 17.6. The van der Waals surface area contributed by atoms with Crippen LogP contribution in [0.15, 0.2) is 29.6 Å². The van der Waals surface area contributed by atoms with Crippen molar-refractivity contribution in [2.75, 3.05) is 7.11 Å². The zero-order valence-electron chi connectivity index (χ0n) is 14.3. The summed E-state index contributed by atoms with van der Waals surface area (Å²) in [5.41, 5.74) is 2.11. The number of carbonyl (C=O) groups is 2. The van der Waals surface area contributed by atoms with E-state index in [0.29, 0.717) is 23.6 Å². The molecule has 1 aromatic carbocycles. The molecule has 25 heavy (non-hydrogen) atoms. The number of hydrogen-bond acceptors (Lipinski definition) is 5. The van der Waals surface area contributed by atoms with Gasteiger partial charge in [0.1, 0.15) is 5.01 Å². The Balaban J connectivity index is 1.55. The van der Waals surface area contributed by atoms with Gasteiger partial charge in [0, 0.05) is 16.9 Å². The number of methoxy groups -OCH3 is 1. The van der Waals surface area contributed by atoms with Gasteiger partial charge in [-0.2, -0.15) is 0 Å². The van der Waals surface area contributed by atoms with E-state index in [0.717, 1.165) is 5.01 Å². The lowest BCUT2D eigenvalue weighted by atomic mass is 9.87. The molecule has 2 aromatic rings. The Kier molecular flexibility index (Phi) is 5.81. The molecular weight excluding hydrogens is 336 g/mol. The van der Waals surface area contributed by atoms with E-state index < -0.39 is 5.97 Å². The van der Waals surface area contributed by atoms with Gasteiger partial charge in [0.2, 0.25) is 0 Å². The Labute approximate surface area is 151 Å². The number of benzene rings is 1. The highest BCUT2D eigenvalue weighted by molar-refractivity contribution is 7.09. The number of amides is 1. The maximum atomic E-state index is 12.2. The third-order valence-electron chi connectivity index (χ3n) is 4.56. The van der Waals surface area contributed by atoms with Crippen LogP contribution in [0.3, 0.4) is 0 Å². The first-order valence-electron chi connectivity index (χ1n) is 8.58. The van der Waals surface area contributed by atoms with Gasteiger partial charge < -0.3 is 10.1 Å². The van der Waals surface area contributed by atoms with Crippen molar-refractivity contribution in [3.05, 3.63) is 51.5 Å². The van der Waals surface area contributed by atoms with Crippen molar-refractivity contribution >= 4 is 23.2 Å². The Morgan fingerprint density at radius 1 is 1.16 bits per heavy atom. The average molecular weight is 358 g/mol. The normalized spacial score (nSPS) is 14.9. The highest BCUT2D eigenvalue weighted by Gasteiger charge is 2.18. The first-order valence-corrected chi connectivity index (χ1v) is 9.46. The number of rotatable bonds is 5. The molecule has 0 radical (unpaired) electrons. The van der Waals surface area contributed by atoms with Crippen molar-refractivity contribution in [3.8, 4) is 0 Å². The van der Waals surface area contributed by atoms with Crippen molar-refractivity contribution in [2.24, 2.45) is 0 Å². The second-order valence-corrected chi connectivity index (χ2v) is 7.20. The molecule has 1 aliphatic carbocycles. The van der Waals surface area contributed by atoms with Gasteiger partial charge >= 0.3 is 5.97 Å². The summed E-state index contributed by atoms with van der Waals surface area (Å²) in [7, 11) is 1.33. The summed E-state index contributed by atoms with van der Waals surface area (Å²) in [5.74, 6) is -0.00358. The fourth-order valence-electron chi connectivity index (χ4n) is 3.13. The van der Waals surface area contributed by atoms with Crippen molar-refractivity contribution in [2.45, 2.75) is 44.6 Å². The molecule has 0 bridgehead atoms. The zero-order valence-corrected chi connectivity index (χ0v) is 15.1. The molecule has 6 heteroatoms. The second kappa shape index (κ2) is 8.25. The number of nitrogens with zero attached hydrogens (tertiary/aromatic N) is 1. The summed E-state index contributed by atoms with van der Waals surface area (Å²) in [4.78, 5) is 28.3. The molecular formula is C19H22N2O3S. The maximum Gasteiger partial charge on any atom is 0.337 e. The van der Waals surface area contributed by atoms with Crippen LogP contribution in [-0.4, -0.2) is 24.0 Å². The molecule has 1 aliphatic rings. The van der Waals surface area contributed by atoms with Crippen LogP contribution >= 0.6 is 11.3 Å². The Morgan fingerprint density at radius 2 is 1.84 bits per heavy atom.